The number of nitrogens with zero attached hydrogens (tertiary/aromatic N) is 3. The van der Waals surface area contributed by atoms with Gasteiger partial charge < -0.3 is 15.6 Å². The van der Waals surface area contributed by atoms with Gasteiger partial charge in [-0.1, -0.05) is 11.8 Å². The Hall–Kier alpha value is -1.08. The summed E-state index contributed by atoms with van der Waals surface area (Å²) in [6, 6.07) is 1.75. The van der Waals surface area contributed by atoms with Gasteiger partial charge in [0.05, 0.1) is 0 Å². The number of anilines is 1. The largest absolute Gasteiger partial charge is 0.385 e. The molecule has 0 aromatic carbocycles. The maximum Gasteiger partial charge on any atom is 0.194 e. The fourth-order valence-corrected chi connectivity index (χ4v) is 2.63. The summed E-state index contributed by atoms with van der Waals surface area (Å²) >= 11 is 6.72. The van der Waals surface area contributed by atoms with Crippen LogP contribution in [0.2, 0.25) is 0 Å². The molecular weight excluding hydrogens is 242 g/mol. The molecule has 1 aliphatic rings. The first kappa shape index (κ1) is 11.4. The summed E-state index contributed by atoms with van der Waals surface area (Å²) in [4.78, 5) is 8.58. The summed E-state index contributed by atoms with van der Waals surface area (Å²) in [5.74, 6) is 1.70. The van der Waals surface area contributed by atoms with Crippen LogP contribution in [0.25, 0.3) is 0 Å². The Morgan fingerprint density at radius 1 is 1.81 bits per heavy atom. The lowest BCUT2D eigenvalue weighted by Crippen LogP contribution is -2.24. The van der Waals surface area contributed by atoms with Crippen molar-refractivity contribution in [3.8, 4) is 0 Å². The van der Waals surface area contributed by atoms with E-state index in [0.29, 0.717) is 16.4 Å². The molecule has 16 heavy (non-hydrogen) atoms. The molecule has 1 aliphatic heterocycles. The monoisotopic (exact) mass is 255 g/mol. The molecule has 2 rings (SSSR count). The zero-order valence-corrected chi connectivity index (χ0v) is 10.6. The van der Waals surface area contributed by atoms with Gasteiger partial charge >= 0.3 is 0 Å². The first-order chi connectivity index (χ1) is 7.70. The highest BCUT2D eigenvalue weighted by atomic mass is 32.2. The van der Waals surface area contributed by atoms with Crippen LogP contribution in [-0.4, -0.2) is 27.0 Å². The molecule has 0 unspecified atom stereocenters. The van der Waals surface area contributed by atoms with E-state index in [9.17, 15) is 0 Å². The van der Waals surface area contributed by atoms with Crippen LogP contribution in [0, 0.1) is 0 Å². The molecular formula is C9H13N5S2. The molecule has 0 saturated carbocycles. The van der Waals surface area contributed by atoms with E-state index >= 15 is 0 Å². The molecule has 7 heteroatoms. The highest BCUT2D eigenvalue weighted by molar-refractivity contribution is 7.99. The Balaban J connectivity index is 2.36. The van der Waals surface area contributed by atoms with Gasteiger partial charge in [0, 0.05) is 24.9 Å². The Morgan fingerprint density at radius 2 is 2.62 bits per heavy atom. The van der Waals surface area contributed by atoms with Crippen molar-refractivity contribution in [2.24, 2.45) is 4.99 Å². The van der Waals surface area contributed by atoms with E-state index in [1.165, 1.54) is 0 Å². The van der Waals surface area contributed by atoms with Crippen LogP contribution in [0.3, 0.4) is 0 Å². The van der Waals surface area contributed by atoms with Crippen LogP contribution in [0.4, 0.5) is 5.82 Å². The van der Waals surface area contributed by atoms with Crippen LogP contribution < -0.4 is 16.5 Å². The molecule has 3 N–H and O–H groups in total. The van der Waals surface area contributed by atoms with Gasteiger partial charge in [-0.25, -0.2) is 9.98 Å². The molecule has 86 valence electrons. The lowest BCUT2D eigenvalue weighted by Gasteiger charge is -2.05. The molecule has 0 saturated heterocycles. The van der Waals surface area contributed by atoms with Crippen molar-refractivity contribution in [3.05, 3.63) is 11.6 Å². The van der Waals surface area contributed by atoms with E-state index in [4.69, 9.17) is 18.0 Å². The van der Waals surface area contributed by atoms with Crippen molar-refractivity contribution >= 4 is 34.9 Å². The van der Waals surface area contributed by atoms with Crippen LogP contribution in [0.5, 0.6) is 0 Å². The van der Waals surface area contributed by atoms with E-state index in [0.717, 1.165) is 24.0 Å². The normalized spacial score (nSPS) is 14.9. The minimum absolute atomic E-state index is 0.447. The highest BCUT2D eigenvalue weighted by Gasteiger charge is 2.13. The number of hydrogen-bond donors (Lipinski definition) is 2. The number of hydrogen-bond acceptors (Lipinski definition) is 4. The highest BCUT2D eigenvalue weighted by Crippen LogP contribution is 2.23. The average Bonchev–Trinajstić information content (AvgIpc) is 2.66. The second-order valence-corrected chi connectivity index (χ2v) is 4.72. The third-order valence-corrected chi connectivity index (χ3v) is 3.31. The first-order valence-corrected chi connectivity index (χ1v) is 6.43. The van der Waals surface area contributed by atoms with Gasteiger partial charge in [-0.15, -0.1) is 0 Å². The van der Waals surface area contributed by atoms with Gasteiger partial charge in [-0.2, -0.15) is 0 Å². The number of fused-ring (bicyclic) bond motifs is 1. The number of nitrogens with one attached hydrogen (secondary N) is 1. The zero-order chi connectivity index (χ0) is 11.5. The molecule has 5 nitrogen and oxygen atoms in total. The number of aromatic nitrogens is 2. The minimum atomic E-state index is 0.447. The quantitative estimate of drug-likeness (QED) is 0.560. The van der Waals surface area contributed by atoms with Crippen molar-refractivity contribution in [2.45, 2.75) is 18.6 Å². The third kappa shape index (κ3) is 2.35. The summed E-state index contributed by atoms with van der Waals surface area (Å²) in [7, 11) is 0. The SMILES string of the molecule is CCNC(=S)N=c1cc(N)n2c(n1)SCC2. The van der Waals surface area contributed by atoms with Crippen molar-refractivity contribution < 1.29 is 0 Å². The molecule has 0 amide bonds. The Morgan fingerprint density at radius 3 is 3.38 bits per heavy atom. The summed E-state index contributed by atoms with van der Waals surface area (Å²) in [5.41, 5.74) is 6.48. The van der Waals surface area contributed by atoms with E-state index in [1.54, 1.807) is 17.8 Å². The number of nitrogens with two attached hydrogens (primary N) is 1. The molecule has 0 bridgehead atoms. The van der Waals surface area contributed by atoms with E-state index < -0.39 is 0 Å². The van der Waals surface area contributed by atoms with Gasteiger partial charge in [-0.3, -0.25) is 0 Å². The maximum atomic E-state index is 5.91. The van der Waals surface area contributed by atoms with Crippen LogP contribution in [0.1, 0.15) is 6.92 Å². The van der Waals surface area contributed by atoms with Crippen molar-refractivity contribution in [1.29, 1.82) is 0 Å². The molecule has 0 atom stereocenters. The predicted molar refractivity (Wildman–Crippen MR) is 69.2 cm³/mol. The molecule has 1 aromatic rings. The van der Waals surface area contributed by atoms with Gasteiger partial charge in [0.2, 0.25) is 0 Å². The fraction of sp³-hybridized carbons (Fsp3) is 0.444. The standard InChI is InChI=1S/C9H13N5S2/c1-2-11-8(15)12-7-5-6(10)14-3-4-16-9(14)13-7/h5H,2-4,10H2,1H3,(H,11,15). The van der Waals surface area contributed by atoms with E-state index in [2.05, 4.69) is 15.3 Å². The van der Waals surface area contributed by atoms with E-state index in [1.807, 2.05) is 11.5 Å². The smallest absolute Gasteiger partial charge is 0.194 e. The third-order valence-electron chi connectivity index (χ3n) is 2.12. The average molecular weight is 255 g/mol. The second kappa shape index (κ2) is 4.84. The van der Waals surface area contributed by atoms with Gasteiger partial charge in [0.25, 0.3) is 0 Å². The second-order valence-electron chi connectivity index (χ2n) is 3.27. The Kier molecular flexibility index (Phi) is 3.45. The van der Waals surface area contributed by atoms with Gasteiger partial charge in [0.1, 0.15) is 5.82 Å². The number of nitrogen functional groups attached to an aromatic ring is 1. The fourth-order valence-electron chi connectivity index (χ4n) is 1.43. The number of thiocarbonyl (C=S) groups is 1. The molecule has 0 radical (unpaired) electrons. The van der Waals surface area contributed by atoms with Crippen LogP contribution in [-0.2, 0) is 6.54 Å². The lowest BCUT2D eigenvalue weighted by atomic mass is 10.5. The number of thioether (sulfide) groups is 1. The molecule has 0 spiro atoms. The molecule has 0 aliphatic carbocycles. The topological polar surface area (TPSA) is 68.2 Å². The van der Waals surface area contributed by atoms with Crippen molar-refractivity contribution in [3.63, 3.8) is 0 Å². The Labute approximate surface area is 103 Å². The predicted octanol–water partition coefficient (Wildman–Crippen LogP) is 0.366. The van der Waals surface area contributed by atoms with Gasteiger partial charge in [-0.05, 0) is 19.1 Å². The van der Waals surface area contributed by atoms with Crippen LogP contribution in [0.15, 0.2) is 16.2 Å². The summed E-state index contributed by atoms with van der Waals surface area (Å²) in [6.07, 6.45) is 0. The van der Waals surface area contributed by atoms with Crippen molar-refractivity contribution in [1.82, 2.24) is 14.9 Å². The van der Waals surface area contributed by atoms with Crippen LogP contribution >= 0.6 is 24.0 Å². The minimum Gasteiger partial charge on any atom is -0.385 e. The van der Waals surface area contributed by atoms with Crippen molar-refractivity contribution in [2.75, 3.05) is 18.0 Å². The summed E-state index contributed by atoms with van der Waals surface area (Å²) in [5, 5.41) is 4.31. The first-order valence-electron chi connectivity index (χ1n) is 5.03. The summed E-state index contributed by atoms with van der Waals surface area (Å²) in [6.45, 7) is 3.64. The zero-order valence-electron chi connectivity index (χ0n) is 8.93. The van der Waals surface area contributed by atoms with E-state index in [-0.39, 0.29) is 0 Å². The molecule has 0 fully saturated rings. The lowest BCUT2D eigenvalue weighted by molar-refractivity contribution is 0.683. The number of rotatable bonds is 1. The molecule has 2 heterocycles. The maximum absolute atomic E-state index is 5.91. The molecule has 1 aromatic heterocycles. The van der Waals surface area contributed by atoms with Gasteiger partial charge in [0.15, 0.2) is 15.8 Å². The Bertz CT molecular complexity index is 479. The summed E-state index contributed by atoms with van der Waals surface area (Å²) < 4.78 is 1.99.